The van der Waals surface area contributed by atoms with Crippen molar-refractivity contribution in [3.05, 3.63) is 78.4 Å². The number of hydrogen-bond donors (Lipinski definition) is 2. The third kappa shape index (κ3) is 7.51. The predicted molar refractivity (Wildman–Crippen MR) is 140 cm³/mol. The van der Waals surface area contributed by atoms with E-state index >= 15 is 0 Å². The topological polar surface area (TPSA) is 48.2 Å². The van der Waals surface area contributed by atoms with Crippen LogP contribution in [0.1, 0.15) is 76.8 Å². The fourth-order valence-corrected chi connectivity index (χ4v) is 4.61. The van der Waals surface area contributed by atoms with Crippen molar-refractivity contribution in [3.8, 4) is 11.1 Å². The Kier molecular flexibility index (Phi) is 9.85. The molecule has 0 bridgehead atoms. The molecule has 1 aromatic carbocycles. The average molecular weight is 460 g/mol. The highest BCUT2D eigenvalue weighted by atomic mass is 16.4. The highest BCUT2D eigenvalue weighted by Gasteiger charge is 2.17. The number of aromatic nitrogens is 2. The SMILES string of the molecule is CCCCC(C)C[n+]1ccc(-c2cc[n+](Cc3cc(B(O)O)cc(C(C)CCC)c3)cc2)cc1. The van der Waals surface area contributed by atoms with Gasteiger partial charge in [-0.2, -0.15) is 0 Å². The van der Waals surface area contributed by atoms with Gasteiger partial charge in [-0.25, -0.2) is 9.13 Å². The molecule has 0 aliphatic rings. The predicted octanol–water partition coefficient (Wildman–Crippen LogP) is 4.39. The first-order valence-corrected chi connectivity index (χ1v) is 12.9. The fourth-order valence-electron chi connectivity index (χ4n) is 4.61. The van der Waals surface area contributed by atoms with E-state index in [-0.39, 0.29) is 0 Å². The maximum atomic E-state index is 9.77. The van der Waals surface area contributed by atoms with E-state index in [4.69, 9.17) is 0 Å². The maximum absolute atomic E-state index is 9.77. The average Bonchev–Trinajstić information content (AvgIpc) is 2.83. The minimum Gasteiger partial charge on any atom is -0.423 e. The lowest BCUT2D eigenvalue weighted by molar-refractivity contribution is -0.702. The summed E-state index contributed by atoms with van der Waals surface area (Å²) in [5.41, 5.74) is 5.22. The first-order chi connectivity index (χ1) is 16.4. The van der Waals surface area contributed by atoms with E-state index in [0.29, 0.717) is 23.8 Å². The summed E-state index contributed by atoms with van der Waals surface area (Å²) < 4.78 is 4.42. The summed E-state index contributed by atoms with van der Waals surface area (Å²) in [4.78, 5) is 0. The summed E-state index contributed by atoms with van der Waals surface area (Å²) in [6.45, 7) is 10.7. The molecule has 0 aliphatic heterocycles. The lowest BCUT2D eigenvalue weighted by atomic mass is 9.77. The van der Waals surface area contributed by atoms with Crippen LogP contribution in [0.25, 0.3) is 11.1 Å². The Morgan fingerprint density at radius 1 is 0.794 bits per heavy atom. The molecule has 0 fully saturated rings. The molecule has 180 valence electrons. The van der Waals surface area contributed by atoms with Gasteiger partial charge in [0.05, 0.1) is 0 Å². The lowest BCUT2D eigenvalue weighted by Crippen LogP contribution is -2.36. The highest BCUT2D eigenvalue weighted by Crippen LogP contribution is 2.21. The van der Waals surface area contributed by atoms with Gasteiger partial charge in [-0.15, -0.1) is 0 Å². The highest BCUT2D eigenvalue weighted by molar-refractivity contribution is 6.58. The normalized spacial score (nSPS) is 13.0. The van der Waals surface area contributed by atoms with Gasteiger partial charge in [0.1, 0.15) is 0 Å². The lowest BCUT2D eigenvalue weighted by Gasteiger charge is -2.14. The van der Waals surface area contributed by atoms with Crippen LogP contribution in [-0.2, 0) is 13.1 Å². The molecule has 5 heteroatoms. The summed E-state index contributed by atoms with van der Waals surface area (Å²) in [5.74, 6) is 1.09. The summed E-state index contributed by atoms with van der Waals surface area (Å²) >= 11 is 0. The van der Waals surface area contributed by atoms with Crippen LogP contribution in [-0.4, -0.2) is 17.2 Å². The van der Waals surface area contributed by atoms with Crippen molar-refractivity contribution in [3.63, 3.8) is 0 Å². The van der Waals surface area contributed by atoms with Gasteiger partial charge in [0, 0.05) is 35.7 Å². The van der Waals surface area contributed by atoms with Crippen molar-refractivity contribution in [1.82, 2.24) is 0 Å². The molecule has 4 nitrogen and oxygen atoms in total. The summed E-state index contributed by atoms with van der Waals surface area (Å²) in [6.07, 6.45) is 14.6. The Labute approximate surface area is 206 Å². The summed E-state index contributed by atoms with van der Waals surface area (Å²) in [6, 6.07) is 14.7. The standard InChI is InChI=1S/C29H41BN2O2/c1-5-7-9-23(3)21-31-14-10-26(11-15-31)27-12-16-32(17-13-27)22-25-18-28(24(4)8-6-2)20-29(19-25)30(33)34/h10-20,23-24,33-34H,5-9,21-22H2,1-4H3/q+2. The van der Waals surface area contributed by atoms with Crippen molar-refractivity contribution in [1.29, 1.82) is 0 Å². The second-order valence-corrected chi connectivity index (χ2v) is 9.86. The van der Waals surface area contributed by atoms with Crippen molar-refractivity contribution in [2.45, 2.75) is 78.8 Å². The van der Waals surface area contributed by atoms with Crippen LogP contribution in [0.15, 0.2) is 67.3 Å². The summed E-state index contributed by atoms with van der Waals surface area (Å²) in [5, 5.41) is 19.5. The quantitative estimate of drug-likeness (QED) is 0.311. The molecule has 0 amide bonds. The summed E-state index contributed by atoms with van der Waals surface area (Å²) in [7, 11) is -1.45. The minimum absolute atomic E-state index is 0.394. The molecule has 0 spiro atoms. The van der Waals surface area contributed by atoms with Crippen LogP contribution in [0.3, 0.4) is 0 Å². The van der Waals surface area contributed by atoms with Gasteiger partial charge < -0.3 is 10.0 Å². The molecule has 2 heterocycles. The van der Waals surface area contributed by atoms with E-state index in [2.05, 4.69) is 91.9 Å². The van der Waals surface area contributed by atoms with Gasteiger partial charge in [0.15, 0.2) is 37.9 Å². The third-order valence-electron chi connectivity index (χ3n) is 6.68. The van der Waals surface area contributed by atoms with Gasteiger partial charge in [-0.3, -0.25) is 0 Å². The fraction of sp³-hybridized carbons (Fsp3) is 0.448. The largest absolute Gasteiger partial charge is 0.488 e. The van der Waals surface area contributed by atoms with Gasteiger partial charge >= 0.3 is 7.12 Å². The van der Waals surface area contributed by atoms with Gasteiger partial charge in [0.2, 0.25) is 0 Å². The first-order valence-electron chi connectivity index (χ1n) is 12.9. The Morgan fingerprint density at radius 2 is 1.41 bits per heavy atom. The smallest absolute Gasteiger partial charge is 0.423 e. The Bertz CT molecular complexity index is 1020. The molecule has 2 atom stereocenters. The number of unbranched alkanes of at least 4 members (excludes halogenated alkanes) is 1. The van der Waals surface area contributed by atoms with E-state index in [1.54, 1.807) is 0 Å². The first kappa shape index (κ1) is 26.1. The molecule has 3 rings (SSSR count). The molecule has 0 saturated heterocycles. The van der Waals surface area contributed by atoms with Crippen molar-refractivity contribution in [2.24, 2.45) is 5.92 Å². The van der Waals surface area contributed by atoms with Crippen LogP contribution in [0.2, 0.25) is 0 Å². The van der Waals surface area contributed by atoms with Crippen LogP contribution >= 0.6 is 0 Å². The Hall–Kier alpha value is -2.50. The minimum atomic E-state index is -1.45. The molecule has 0 aliphatic carbocycles. The number of hydrogen-bond acceptors (Lipinski definition) is 2. The molecule has 34 heavy (non-hydrogen) atoms. The zero-order valence-electron chi connectivity index (χ0n) is 21.3. The molecular formula is C29H41BN2O2+2. The molecule has 2 unspecified atom stereocenters. The maximum Gasteiger partial charge on any atom is 0.488 e. The van der Waals surface area contributed by atoms with Crippen molar-refractivity contribution < 1.29 is 19.2 Å². The number of benzene rings is 1. The number of pyridine rings is 2. The van der Waals surface area contributed by atoms with Crippen molar-refractivity contribution in [2.75, 3.05) is 0 Å². The van der Waals surface area contributed by atoms with Crippen LogP contribution in [0.5, 0.6) is 0 Å². The molecule has 3 aromatic rings. The van der Waals surface area contributed by atoms with Crippen LogP contribution < -0.4 is 14.6 Å². The monoisotopic (exact) mass is 460 g/mol. The van der Waals surface area contributed by atoms with Crippen LogP contribution in [0.4, 0.5) is 0 Å². The van der Waals surface area contributed by atoms with Gasteiger partial charge in [-0.05, 0) is 47.0 Å². The molecule has 0 radical (unpaired) electrons. The Balaban J connectivity index is 1.70. The molecule has 2 aromatic heterocycles. The van der Waals surface area contributed by atoms with E-state index < -0.39 is 7.12 Å². The molecular weight excluding hydrogens is 419 g/mol. The number of rotatable bonds is 12. The van der Waals surface area contributed by atoms with E-state index in [1.165, 1.54) is 36.0 Å². The van der Waals surface area contributed by atoms with E-state index in [1.807, 2.05) is 12.1 Å². The van der Waals surface area contributed by atoms with Crippen LogP contribution in [0, 0.1) is 5.92 Å². The number of nitrogens with zero attached hydrogens (tertiary/aromatic N) is 2. The second kappa shape index (κ2) is 12.8. The zero-order valence-corrected chi connectivity index (χ0v) is 21.3. The van der Waals surface area contributed by atoms with Gasteiger partial charge in [0.25, 0.3) is 0 Å². The second-order valence-electron chi connectivity index (χ2n) is 9.86. The molecule has 0 saturated carbocycles. The van der Waals surface area contributed by atoms with E-state index in [9.17, 15) is 10.0 Å². The third-order valence-corrected chi connectivity index (χ3v) is 6.68. The van der Waals surface area contributed by atoms with Gasteiger partial charge in [-0.1, -0.05) is 59.1 Å². The van der Waals surface area contributed by atoms with E-state index in [0.717, 1.165) is 24.9 Å². The molecule has 2 N–H and O–H groups in total. The Morgan fingerprint density at radius 3 is 1.97 bits per heavy atom. The zero-order chi connectivity index (χ0) is 24.5. The van der Waals surface area contributed by atoms with Crippen molar-refractivity contribution >= 4 is 12.6 Å².